The summed E-state index contributed by atoms with van der Waals surface area (Å²) in [5.74, 6) is -1.36. The Morgan fingerprint density at radius 3 is 2.33 bits per heavy atom. The lowest BCUT2D eigenvalue weighted by atomic mass is 10.1. The van der Waals surface area contributed by atoms with E-state index in [0.29, 0.717) is 17.5 Å². The number of ether oxygens (including phenoxy) is 3. The number of alkyl halides is 3. The molecule has 2 atom stereocenters. The zero-order valence-electron chi connectivity index (χ0n) is 18.0. The first kappa shape index (κ1) is 25.8. The molecule has 0 bridgehead atoms. The van der Waals surface area contributed by atoms with Crippen molar-refractivity contribution in [2.75, 3.05) is 13.6 Å². The van der Waals surface area contributed by atoms with E-state index in [4.69, 9.17) is 24.1 Å². The molecule has 8 nitrogen and oxygen atoms in total. The predicted octanol–water partition coefficient (Wildman–Crippen LogP) is 3.49. The maximum atomic E-state index is 11.8. The molecule has 0 aromatic heterocycles. The van der Waals surface area contributed by atoms with Crippen LogP contribution in [0.5, 0.6) is 11.5 Å². The van der Waals surface area contributed by atoms with E-state index in [0.717, 1.165) is 12.0 Å². The zero-order chi connectivity index (χ0) is 24.4. The summed E-state index contributed by atoms with van der Waals surface area (Å²) in [5.41, 5.74) is 2.11. The summed E-state index contributed by atoms with van der Waals surface area (Å²) in [6.45, 7) is 2.56. The first-order valence-electron chi connectivity index (χ1n) is 9.96. The number of benzene rings is 2. The lowest BCUT2D eigenvalue weighted by molar-refractivity contribution is -0.192. The number of halogens is 3. The van der Waals surface area contributed by atoms with E-state index in [1.165, 1.54) is 5.56 Å². The van der Waals surface area contributed by atoms with Gasteiger partial charge in [-0.3, -0.25) is 0 Å². The summed E-state index contributed by atoms with van der Waals surface area (Å²) >= 11 is 0. The molecule has 2 aromatic carbocycles. The largest absolute Gasteiger partial charge is 0.490 e. The standard InChI is InChI=1S/C20H24N2O4.C2HF3O2/c1-14(21-2)10-16-8-9-17-18(11-16)26-19(25-17)12-22-20(23)24-13-15-6-4-3-5-7-15;3-2(4,5)1(6)7/h3-9,11,14,19,21H,10,12-13H2,1-2H3,(H,22,23);(H,6,7). The highest BCUT2D eigenvalue weighted by atomic mass is 19.4. The molecule has 1 aliphatic rings. The maximum Gasteiger partial charge on any atom is 0.490 e. The van der Waals surface area contributed by atoms with Crippen molar-refractivity contribution >= 4 is 12.1 Å². The van der Waals surface area contributed by atoms with E-state index < -0.39 is 24.5 Å². The number of carbonyl (C=O) groups excluding carboxylic acids is 1. The molecule has 3 rings (SSSR count). The Labute approximate surface area is 188 Å². The van der Waals surface area contributed by atoms with Gasteiger partial charge in [-0.05, 0) is 43.7 Å². The Morgan fingerprint density at radius 2 is 1.73 bits per heavy atom. The van der Waals surface area contributed by atoms with Crippen LogP contribution in [-0.4, -0.2) is 49.3 Å². The monoisotopic (exact) mass is 470 g/mol. The summed E-state index contributed by atoms with van der Waals surface area (Å²) in [5, 5.41) is 13.0. The van der Waals surface area contributed by atoms with Crippen LogP contribution in [0.25, 0.3) is 0 Å². The van der Waals surface area contributed by atoms with E-state index >= 15 is 0 Å². The van der Waals surface area contributed by atoms with Crippen molar-refractivity contribution in [1.82, 2.24) is 10.6 Å². The lowest BCUT2D eigenvalue weighted by Crippen LogP contribution is -2.36. The minimum atomic E-state index is -5.08. The third kappa shape index (κ3) is 8.89. The highest BCUT2D eigenvalue weighted by Crippen LogP contribution is 2.35. The molecule has 0 radical (unpaired) electrons. The van der Waals surface area contributed by atoms with Gasteiger partial charge >= 0.3 is 18.2 Å². The number of alkyl carbamates (subject to hydrolysis) is 1. The van der Waals surface area contributed by atoms with Crippen LogP contribution in [-0.2, 0) is 22.6 Å². The number of carboxylic acids is 1. The lowest BCUT2D eigenvalue weighted by Gasteiger charge is -2.12. The topological polar surface area (TPSA) is 106 Å². The Morgan fingerprint density at radius 1 is 1.09 bits per heavy atom. The number of hydrogen-bond donors (Lipinski definition) is 3. The third-order valence-corrected chi connectivity index (χ3v) is 4.43. The molecular formula is C22H25F3N2O6. The quantitative estimate of drug-likeness (QED) is 0.569. The number of hydrogen-bond acceptors (Lipinski definition) is 6. The van der Waals surface area contributed by atoms with E-state index in [9.17, 15) is 18.0 Å². The van der Waals surface area contributed by atoms with Crippen LogP contribution >= 0.6 is 0 Å². The first-order chi connectivity index (χ1) is 15.6. The summed E-state index contributed by atoms with van der Waals surface area (Å²) in [6, 6.07) is 15.8. The van der Waals surface area contributed by atoms with Gasteiger partial charge in [0, 0.05) is 6.04 Å². The molecule has 1 amide bonds. The van der Waals surface area contributed by atoms with E-state index in [1.807, 2.05) is 55.6 Å². The Kier molecular flexibility index (Phi) is 9.34. The van der Waals surface area contributed by atoms with Gasteiger partial charge in [0.15, 0.2) is 11.5 Å². The molecule has 0 fully saturated rings. The molecule has 0 aliphatic carbocycles. The number of carboxylic acid groups (broad SMARTS) is 1. The van der Waals surface area contributed by atoms with Gasteiger partial charge in [-0.25, -0.2) is 9.59 Å². The Bertz CT molecular complexity index is 924. The number of fused-ring (bicyclic) bond motifs is 1. The molecule has 1 heterocycles. The minimum absolute atomic E-state index is 0.213. The molecular weight excluding hydrogens is 445 g/mol. The van der Waals surface area contributed by atoms with Gasteiger partial charge in [0.05, 0.1) is 6.54 Å². The smallest absolute Gasteiger partial charge is 0.475 e. The van der Waals surface area contributed by atoms with Crippen LogP contribution < -0.4 is 20.1 Å². The average Bonchev–Trinajstić information content (AvgIpc) is 3.19. The van der Waals surface area contributed by atoms with Crippen LogP contribution in [0.3, 0.4) is 0 Å². The molecule has 2 unspecified atom stereocenters. The molecule has 0 saturated heterocycles. The van der Waals surface area contributed by atoms with Crippen molar-refractivity contribution in [3.8, 4) is 11.5 Å². The van der Waals surface area contributed by atoms with Crippen LogP contribution in [0, 0.1) is 0 Å². The number of carbonyl (C=O) groups is 2. The van der Waals surface area contributed by atoms with Gasteiger partial charge in [0.25, 0.3) is 6.29 Å². The van der Waals surface area contributed by atoms with Crippen LogP contribution in [0.15, 0.2) is 48.5 Å². The second-order valence-corrected chi connectivity index (χ2v) is 7.09. The van der Waals surface area contributed by atoms with Crippen molar-refractivity contribution in [1.29, 1.82) is 0 Å². The normalized spacial score (nSPS) is 15.1. The van der Waals surface area contributed by atoms with Gasteiger partial charge < -0.3 is 30.0 Å². The van der Waals surface area contributed by atoms with Gasteiger partial charge in [-0.1, -0.05) is 36.4 Å². The fourth-order valence-electron chi connectivity index (χ4n) is 2.66. The first-order valence-corrected chi connectivity index (χ1v) is 9.96. The van der Waals surface area contributed by atoms with Gasteiger partial charge in [-0.15, -0.1) is 0 Å². The van der Waals surface area contributed by atoms with Crippen molar-refractivity contribution in [3.63, 3.8) is 0 Å². The van der Waals surface area contributed by atoms with Crippen molar-refractivity contribution in [3.05, 3.63) is 59.7 Å². The maximum absolute atomic E-state index is 11.8. The molecule has 1 aliphatic heterocycles. The molecule has 2 aromatic rings. The summed E-state index contributed by atoms with van der Waals surface area (Å²) in [4.78, 5) is 20.7. The van der Waals surface area contributed by atoms with Crippen LogP contribution in [0.4, 0.5) is 18.0 Å². The zero-order valence-corrected chi connectivity index (χ0v) is 18.0. The highest BCUT2D eigenvalue weighted by molar-refractivity contribution is 5.73. The number of nitrogens with one attached hydrogen (secondary N) is 2. The summed E-state index contributed by atoms with van der Waals surface area (Å²) in [7, 11) is 1.94. The highest BCUT2D eigenvalue weighted by Gasteiger charge is 2.38. The van der Waals surface area contributed by atoms with Crippen LogP contribution in [0.1, 0.15) is 18.1 Å². The number of amides is 1. The Balaban J connectivity index is 0.000000479. The van der Waals surface area contributed by atoms with Crippen molar-refractivity contribution < 1.29 is 42.1 Å². The van der Waals surface area contributed by atoms with Crippen molar-refractivity contribution in [2.45, 2.75) is 38.5 Å². The second kappa shape index (κ2) is 12.0. The Hall–Kier alpha value is -3.47. The third-order valence-electron chi connectivity index (χ3n) is 4.43. The number of likely N-dealkylation sites (N-methyl/N-ethyl adjacent to an activating group) is 1. The molecule has 180 valence electrons. The van der Waals surface area contributed by atoms with Gasteiger partial charge in [0.2, 0.25) is 0 Å². The summed E-state index contributed by atoms with van der Waals surface area (Å²) in [6.07, 6.45) is -5.23. The number of aliphatic carboxylic acids is 1. The van der Waals surface area contributed by atoms with Crippen molar-refractivity contribution in [2.24, 2.45) is 0 Å². The molecule has 3 N–H and O–H groups in total. The fourth-order valence-corrected chi connectivity index (χ4v) is 2.66. The fraction of sp³-hybridized carbons (Fsp3) is 0.364. The molecule has 0 spiro atoms. The average molecular weight is 470 g/mol. The second-order valence-electron chi connectivity index (χ2n) is 7.09. The van der Waals surface area contributed by atoms with E-state index in [2.05, 4.69) is 17.6 Å². The number of rotatable bonds is 7. The van der Waals surface area contributed by atoms with Gasteiger partial charge in [0.1, 0.15) is 6.61 Å². The van der Waals surface area contributed by atoms with Gasteiger partial charge in [-0.2, -0.15) is 13.2 Å². The predicted molar refractivity (Wildman–Crippen MR) is 112 cm³/mol. The SMILES string of the molecule is CNC(C)Cc1ccc2c(c1)OC(CNC(=O)OCc1ccccc1)O2.O=C(O)C(F)(F)F. The minimum Gasteiger partial charge on any atom is -0.475 e. The van der Waals surface area contributed by atoms with E-state index in [-0.39, 0.29) is 13.2 Å². The molecule has 33 heavy (non-hydrogen) atoms. The summed E-state index contributed by atoms with van der Waals surface area (Å²) < 4.78 is 48.4. The van der Waals surface area contributed by atoms with E-state index in [1.54, 1.807) is 0 Å². The van der Waals surface area contributed by atoms with Crippen LogP contribution in [0.2, 0.25) is 0 Å². The molecule has 0 saturated carbocycles. The molecule has 11 heteroatoms.